The minimum atomic E-state index is -1.02. The third-order valence-electron chi connectivity index (χ3n) is 5.20. The Balaban J connectivity index is 1.69. The van der Waals surface area contributed by atoms with Crippen LogP contribution >= 0.6 is 11.6 Å². The zero-order chi connectivity index (χ0) is 22.3. The number of amides is 2. The molecule has 0 aromatic heterocycles. The van der Waals surface area contributed by atoms with Gasteiger partial charge in [0.2, 0.25) is 0 Å². The molecule has 31 heavy (non-hydrogen) atoms. The Kier molecular flexibility index (Phi) is 7.68. The summed E-state index contributed by atoms with van der Waals surface area (Å²) in [5.41, 5.74) is 0.243. The van der Waals surface area contributed by atoms with Crippen LogP contribution in [0.15, 0.2) is 48.5 Å². The van der Waals surface area contributed by atoms with E-state index in [4.69, 9.17) is 21.1 Å². The second-order valence-electron chi connectivity index (χ2n) is 7.19. The summed E-state index contributed by atoms with van der Waals surface area (Å²) >= 11 is 5.55. The smallest absolute Gasteiger partial charge is 0.410 e. The van der Waals surface area contributed by atoms with Crippen LogP contribution in [0.25, 0.3) is 0 Å². The SMILES string of the molecule is O=C(NC1(c2ccc(F)c(F)c2)CCN(C(=O)OCc2ccccc2)CC1)OCCCl. The quantitative estimate of drug-likeness (QED) is 0.652. The molecular weight excluding hydrogens is 430 g/mol. The normalized spacial score (nSPS) is 15.3. The van der Waals surface area contributed by atoms with E-state index in [0.717, 1.165) is 17.7 Å². The number of hydrogen-bond donors (Lipinski definition) is 1. The molecule has 6 nitrogen and oxygen atoms in total. The van der Waals surface area contributed by atoms with Crippen LogP contribution in [0.3, 0.4) is 0 Å². The number of halogens is 3. The van der Waals surface area contributed by atoms with Crippen molar-refractivity contribution < 1.29 is 27.8 Å². The maximum absolute atomic E-state index is 13.9. The molecule has 0 atom stereocenters. The fourth-order valence-electron chi connectivity index (χ4n) is 3.52. The van der Waals surface area contributed by atoms with Crippen molar-refractivity contribution in [2.45, 2.75) is 25.0 Å². The standard InChI is InChI=1S/C22H23ClF2N2O4/c23-10-13-30-20(28)26-22(17-6-7-18(24)19(25)14-17)8-11-27(12-9-22)21(29)31-15-16-4-2-1-3-5-16/h1-7,14H,8-13,15H2,(H,26,28). The van der Waals surface area contributed by atoms with E-state index in [0.29, 0.717) is 5.56 Å². The maximum Gasteiger partial charge on any atom is 0.410 e. The van der Waals surface area contributed by atoms with Crippen molar-refractivity contribution in [3.63, 3.8) is 0 Å². The van der Waals surface area contributed by atoms with E-state index in [1.165, 1.54) is 11.0 Å². The van der Waals surface area contributed by atoms with Gasteiger partial charge >= 0.3 is 12.2 Å². The molecule has 166 valence electrons. The van der Waals surface area contributed by atoms with Gasteiger partial charge in [-0.25, -0.2) is 18.4 Å². The Morgan fingerprint density at radius 3 is 2.39 bits per heavy atom. The lowest BCUT2D eigenvalue weighted by molar-refractivity contribution is 0.0688. The second kappa shape index (κ2) is 10.4. The molecule has 0 spiro atoms. The van der Waals surface area contributed by atoms with E-state index in [-0.39, 0.29) is 45.0 Å². The number of benzene rings is 2. The van der Waals surface area contributed by atoms with Crippen LogP contribution in [0.1, 0.15) is 24.0 Å². The average molecular weight is 453 g/mol. The van der Waals surface area contributed by atoms with Crippen molar-refractivity contribution in [3.05, 3.63) is 71.3 Å². The van der Waals surface area contributed by atoms with Gasteiger partial charge in [0.1, 0.15) is 13.2 Å². The van der Waals surface area contributed by atoms with Gasteiger partial charge < -0.3 is 19.7 Å². The molecule has 0 unspecified atom stereocenters. The first kappa shape index (κ1) is 22.8. The average Bonchev–Trinajstić information content (AvgIpc) is 2.79. The number of alkyl halides is 1. The number of piperidine rings is 1. The fourth-order valence-corrected chi connectivity index (χ4v) is 3.60. The van der Waals surface area contributed by atoms with Gasteiger partial charge in [-0.3, -0.25) is 0 Å². The van der Waals surface area contributed by atoms with E-state index in [9.17, 15) is 18.4 Å². The van der Waals surface area contributed by atoms with Gasteiger partial charge in [-0.15, -0.1) is 11.6 Å². The van der Waals surface area contributed by atoms with E-state index < -0.39 is 29.4 Å². The topological polar surface area (TPSA) is 67.9 Å². The van der Waals surface area contributed by atoms with Gasteiger partial charge in [-0.2, -0.15) is 0 Å². The predicted molar refractivity (Wildman–Crippen MR) is 111 cm³/mol. The molecule has 0 aliphatic carbocycles. The highest BCUT2D eigenvalue weighted by atomic mass is 35.5. The molecule has 1 heterocycles. The number of alkyl carbamates (subject to hydrolysis) is 1. The predicted octanol–water partition coefficient (Wildman–Crippen LogP) is 4.56. The van der Waals surface area contributed by atoms with E-state index in [2.05, 4.69) is 5.32 Å². The molecule has 0 bridgehead atoms. The number of hydrogen-bond acceptors (Lipinski definition) is 4. The molecular formula is C22H23ClF2N2O4. The summed E-state index contributed by atoms with van der Waals surface area (Å²) in [7, 11) is 0. The van der Waals surface area contributed by atoms with Gasteiger partial charge in [-0.05, 0) is 36.1 Å². The largest absolute Gasteiger partial charge is 0.448 e. The van der Waals surface area contributed by atoms with Crippen molar-refractivity contribution >= 4 is 23.8 Å². The third kappa shape index (κ3) is 5.85. The summed E-state index contributed by atoms with van der Waals surface area (Å²) in [5.74, 6) is -1.87. The fraction of sp³-hybridized carbons (Fsp3) is 0.364. The second-order valence-corrected chi connectivity index (χ2v) is 7.57. The summed E-state index contributed by atoms with van der Waals surface area (Å²) in [6.07, 6.45) is -0.652. The lowest BCUT2D eigenvalue weighted by Gasteiger charge is -2.42. The van der Waals surface area contributed by atoms with Crippen molar-refractivity contribution in [2.24, 2.45) is 0 Å². The number of carbonyl (C=O) groups is 2. The summed E-state index contributed by atoms with van der Waals surface area (Å²) in [6, 6.07) is 12.8. The highest BCUT2D eigenvalue weighted by molar-refractivity contribution is 6.18. The number of ether oxygens (including phenoxy) is 2. The van der Waals surface area contributed by atoms with Crippen molar-refractivity contribution in [2.75, 3.05) is 25.6 Å². The molecule has 2 aromatic carbocycles. The number of nitrogens with zero attached hydrogens (tertiary/aromatic N) is 1. The van der Waals surface area contributed by atoms with Crippen molar-refractivity contribution in [1.82, 2.24) is 10.2 Å². The number of carbonyl (C=O) groups excluding carboxylic acids is 2. The molecule has 1 aliphatic heterocycles. The number of nitrogens with one attached hydrogen (secondary N) is 1. The monoisotopic (exact) mass is 452 g/mol. The van der Waals surface area contributed by atoms with Crippen LogP contribution in [0.5, 0.6) is 0 Å². The molecule has 1 N–H and O–H groups in total. The Morgan fingerprint density at radius 1 is 1.03 bits per heavy atom. The Hall–Kier alpha value is -2.87. The Bertz CT molecular complexity index is 906. The molecule has 1 fully saturated rings. The van der Waals surface area contributed by atoms with Gasteiger partial charge in [0.15, 0.2) is 11.6 Å². The Labute approximate surface area is 184 Å². The zero-order valence-electron chi connectivity index (χ0n) is 16.8. The molecule has 1 aliphatic rings. The first-order chi connectivity index (χ1) is 14.9. The van der Waals surface area contributed by atoms with Gasteiger partial charge in [0, 0.05) is 13.1 Å². The number of rotatable bonds is 6. The van der Waals surface area contributed by atoms with Crippen LogP contribution in [0.4, 0.5) is 18.4 Å². The molecule has 9 heteroatoms. The molecule has 0 radical (unpaired) electrons. The van der Waals surface area contributed by atoms with Crippen LogP contribution in [-0.2, 0) is 21.6 Å². The molecule has 3 rings (SSSR count). The molecule has 2 aromatic rings. The highest BCUT2D eigenvalue weighted by Crippen LogP contribution is 2.34. The summed E-state index contributed by atoms with van der Waals surface area (Å²) in [6.45, 7) is 0.664. The molecule has 2 amide bonds. The first-order valence-corrected chi connectivity index (χ1v) is 10.4. The lowest BCUT2D eigenvalue weighted by Crippen LogP contribution is -2.54. The summed E-state index contributed by atoms with van der Waals surface area (Å²) in [4.78, 5) is 26.2. The van der Waals surface area contributed by atoms with Gasteiger partial charge in [-0.1, -0.05) is 36.4 Å². The van der Waals surface area contributed by atoms with Gasteiger partial charge in [0.25, 0.3) is 0 Å². The van der Waals surface area contributed by atoms with Crippen LogP contribution in [-0.4, -0.2) is 42.7 Å². The molecule has 1 saturated heterocycles. The third-order valence-corrected chi connectivity index (χ3v) is 5.36. The van der Waals surface area contributed by atoms with Crippen molar-refractivity contribution in [3.8, 4) is 0 Å². The van der Waals surface area contributed by atoms with E-state index in [1.54, 1.807) is 0 Å². The number of likely N-dealkylation sites (tertiary alicyclic amines) is 1. The summed E-state index contributed by atoms with van der Waals surface area (Å²) in [5, 5.41) is 2.76. The van der Waals surface area contributed by atoms with Crippen LogP contribution < -0.4 is 5.32 Å². The first-order valence-electron chi connectivity index (χ1n) is 9.85. The van der Waals surface area contributed by atoms with Crippen LogP contribution in [0, 0.1) is 11.6 Å². The van der Waals surface area contributed by atoms with Crippen molar-refractivity contribution in [1.29, 1.82) is 0 Å². The minimum absolute atomic E-state index is 0.0131. The maximum atomic E-state index is 13.9. The van der Waals surface area contributed by atoms with Gasteiger partial charge in [0.05, 0.1) is 11.4 Å². The Morgan fingerprint density at radius 2 is 1.74 bits per heavy atom. The minimum Gasteiger partial charge on any atom is -0.448 e. The molecule has 0 saturated carbocycles. The lowest BCUT2D eigenvalue weighted by atomic mass is 9.81. The van der Waals surface area contributed by atoms with E-state index >= 15 is 0 Å². The zero-order valence-corrected chi connectivity index (χ0v) is 17.5. The highest BCUT2D eigenvalue weighted by Gasteiger charge is 2.40. The van der Waals surface area contributed by atoms with Crippen LogP contribution in [0.2, 0.25) is 0 Å². The summed E-state index contributed by atoms with van der Waals surface area (Å²) < 4.78 is 37.7. The van der Waals surface area contributed by atoms with E-state index in [1.807, 2.05) is 30.3 Å².